The van der Waals surface area contributed by atoms with E-state index in [1.807, 2.05) is 6.07 Å². The van der Waals surface area contributed by atoms with Crippen molar-refractivity contribution in [2.75, 3.05) is 0 Å². The minimum absolute atomic E-state index is 0.127. The van der Waals surface area contributed by atoms with Gasteiger partial charge in [0.05, 0.1) is 23.9 Å². The van der Waals surface area contributed by atoms with Gasteiger partial charge in [-0.3, -0.25) is 0 Å². The molecule has 20 heavy (non-hydrogen) atoms. The van der Waals surface area contributed by atoms with Gasteiger partial charge in [0.15, 0.2) is 0 Å². The van der Waals surface area contributed by atoms with E-state index in [2.05, 4.69) is 4.72 Å². The zero-order chi connectivity index (χ0) is 14.6. The molecule has 0 fully saturated rings. The smallest absolute Gasteiger partial charge is 0.216 e. The summed E-state index contributed by atoms with van der Waals surface area (Å²) in [6, 6.07) is 12.0. The summed E-state index contributed by atoms with van der Waals surface area (Å²) >= 11 is 0. The molecule has 2 aromatic rings. The third-order valence-corrected chi connectivity index (χ3v) is 4.00. The highest BCUT2D eigenvalue weighted by Gasteiger charge is 2.12. The Morgan fingerprint density at radius 3 is 2.45 bits per heavy atom. The highest BCUT2D eigenvalue weighted by molar-refractivity contribution is 7.88. The normalized spacial score (nSPS) is 11.2. The summed E-state index contributed by atoms with van der Waals surface area (Å²) in [7, 11) is -3.44. The van der Waals surface area contributed by atoms with Crippen molar-refractivity contribution in [3.63, 3.8) is 0 Å². The van der Waals surface area contributed by atoms with E-state index in [0.717, 1.165) is 5.76 Å². The first kappa shape index (κ1) is 14.3. The Balaban J connectivity index is 1.98. The molecule has 1 aromatic carbocycles. The molecule has 1 heterocycles. The van der Waals surface area contributed by atoms with Crippen molar-refractivity contribution in [2.24, 2.45) is 0 Å². The average Bonchev–Trinajstić information content (AvgIpc) is 2.83. The van der Waals surface area contributed by atoms with E-state index < -0.39 is 10.0 Å². The molecule has 0 amide bonds. The van der Waals surface area contributed by atoms with Gasteiger partial charge in [0, 0.05) is 0 Å². The standard InChI is InChI=1S/C14H14N2O3S/c1-11-2-7-14(19-11)9-16-20(17,18)10-13-5-3-12(8-15)4-6-13/h2-7,16H,9-10H2,1H3. The Hall–Kier alpha value is -2.10. The summed E-state index contributed by atoms with van der Waals surface area (Å²) in [5, 5.41) is 8.68. The molecule has 0 aliphatic heterocycles. The molecule has 6 heteroatoms. The van der Waals surface area contributed by atoms with Gasteiger partial charge in [-0.15, -0.1) is 0 Å². The molecule has 104 valence electrons. The van der Waals surface area contributed by atoms with Crippen LogP contribution < -0.4 is 4.72 Å². The van der Waals surface area contributed by atoms with E-state index in [4.69, 9.17) is 9.68 Å². The zero-order valence-corrected chi connectivity index (χ0v) is 11.8. The van der Waals surface area contributed by atoms with Gasteiger partial charge in [0.25, 0.3) is 0 Å². The van der Waals surface area contributed by atoms with Crippen LogP contribution in [0.3, 0.4) is 0 Å². The van der Waals surface area contributed by atoms with Crippen molar-refractivity contribution in [1.82, 2.24) is 4.72 Å². The summed E-state index contributed by atoms with van der Waals surface area (Å²) in [6.07, 6.45) is 0. The minimum atomic E-state index is -3.44. The maximum Gasteiger partial charge on any atom is 0.216 e. The lowest BCUT2D eigenvalue weighted by molar-refractivity contribution is 0.475. The molecule has 2 rings (SSSR count). The van der Waals surface area contributed by atoms with Gasteiger partial charge in [-0.2, -0.15) is 5.26 Å². The van der Waals surface area contributed by atoms with E-state index in [-0.39, 0.29) is 12.3 Å². The first-order chi connectivity index (χ1) is 9.48. The molecule has 0 saturated carbocycles. The van der Waals surface area contributed by atoms with Crippen molar-refractivity contribution in [2.45, 2.75) is 19.2 Å². The van der Waals surface area contributed by atoms with Crippen LogP contribution in [0, 0.1) is 18.3 Å². The van der Waals surface area contributed by atoms with E-state index in [9.17, 15) is 8.42 Å². The first-order valence-electron chi connectivity index (χ1n) is 6.00. The number of benzene rings is 1. The monoisotopic (exact) mass is 290 g/mol. The Labute approximate surface area is 117 Å². The van der Waals surface area contributed by atoms with Crippen LogP contribution in [0.15, 0.2) is 40.8 Å². The second-order valence-corrected chi connectivity index (χ2v) is 6.21. The van der Waals surface area contributed by atoms with Crippen LogP contribution >= 0.6 is 0 Å². The van der Waals surface area contributed by atoms with Crippen LogP contribution in [0.1, 0.15) is 22.6 Å². The largest absolute Gasteiger partial charge is 0.465 e. The average molecular weight is 290 g/mol. The molecule has 0 spiro atoms. The second kappa shape index (κ2) is 5.90. The number of hydrogen-bond donors (Lipinski definition) is 1. The zero-order valence-electron chi connectivity index (χ0n) is 11.0. The predicted molar refractivity (Wildman–Crippen MR) is 74.1 cm³/mol. The van der Waals surface area contributed by atoms with Crippen molar-refractivity contribution >= 4 is 10.0 Å². The number of sulfonamides is 1. The van der Waals surface area contributed by atoms with Crippen molar-refractivity contribution in [3.8, 4) is 6.07 Å². The third-order valence-electron chi connectivity index (χ3n) is 2.70. The Morgan fingerprint density at radius 1 is 1.20 bits per heavy atom. The van der Waals surface area contributed by atoms with E-state index >= 15 is 0 Å². The summed E-state index contributed by atoms with van der Waals surface area (Å²) in [4.78, 5) is 0. The molecule has 1 aromatic heterocycles. The Bertz CT molecular complexity index is 725. The first-order valence-corrected chi connectivity index (χ1v) is 7.65. The Morgan fingerprint density at radius 2 is 1.90 bits per heavy atom. The molecule has 0 atom stereocenters. The van der Waals surface area contributed by atoms with Gasteiger partial charge in [-0.1, -0.05) is 12.1 Å². The topological polar surface area (TPSA) is 83.1 Å². The van der Waals surface area contributed by atoms with E-state index in [1.165, 1.54) is 0 Å². The molecular formula is C14H14N2O3S. The molecule has 0 aliphatic rings. The molecule has 5 nitrogen and oxygen atoms in total. The summed E-state index contributed by atoms with van der Waals surface area (Å²) in [5.41, 5.74) is 1.14. The van der Waals surface area contributed by atoms with Gasteiger partial charge in [0.2, 0.25) is 10.0 Å². The van der Waals surface area contributed by atoms with E-state index in [1.54, 1.807) is 43.3 Å². The fourth-order valence-electron chi connectivity index (χ4n) is 1.71. The predicted octanol–water partition coefficient (Wildman–Crippen LogP) is 2.08. The summed E-state index contributed by atoms with van der Waals surface area (Å²) in [5.74, 6) is 1.19. The van der Waals surface area contributed by atoms with Gasteiger partial charge in [-0.25, -0.2) is 13.1 Å². The minimum Gasteiger partial charge on any atom is -0.465 e. The van der Waals surface area contributed by atoms with Crippen LogP contribution in [-0.4, -0.2) is 8.42 Å². The highest BCUT2D eigenvalue weighted by Crippen LogP contribution is 2.09. The second-order valence-electron chi connectivity index (χ2n) is 4.40. The number of furan rings is 1. The lowest BCUT2D eigenvalue weighted by Crippen LogP contribution is -2.24. The maximum absolute atomic E-state index is 11.9. The maximum atomic E-state index is 11.9. The molecular weight excluding hydrogens is 276 g/mol. The van der Waals surface area contributed by atoms with Crippen LogP contribution in [0.2, 0.25) is 0 Å². The Kier molecular flexibility index (Phi) is 4.23. The summed E-state index contributed by atoms with van der Waals surface area (Å²) < 4.78 is 31.6. The number of nitrogens with zero attached hydrogens (tertiary/aromatic N) is 1. The number of nitrogens with one attached hydrogen (secondary N) is 1. The lowest BCUT2D eigenvalue weighted by Gasteiger charge is -2.05. The van der Waals surface area contributed by atoms with Gasteiger partial charge in [0.1, 0.15) is 11.5 Å². The molecule has 0 unspecified atom stereocenters. The van der Waals surface area contributed by atoms with Crippen LogP contribution in [0.5, 0.6) is 0 Å². The summed E-state index contributed by atoms with van der Waals surface area (Å²) in [6.45, 7) is 1.93. The number of rotatable bonds is 5. The fourth-order valence-corrected chi connectivity index (χ4v) is 2.80. The molecule has 0 radical (unpaired) electrons. The SMILES string of the molecule is Cc1ccc(CNS(=O)(=O)Cc2ccc(C#N)cc2)o1. The number of nitriles is 1. The number of hydrogen-bond acceptors (Lipinski definition) is 4. The highest BCUT2D eigenvalue weighted by atomic mass is 32.2. The van der Waals surface area contributed by atoms with Gasteiger partial charge in [-0.05, 0) is 36.8 Å². The van der Waals surface area contributed by atoms with Crippen LogP contribution in [0.25, 0.3) is 0 Å². The molecule has 0 aliphatic carbocycles. The van der Waals surface area contributed by atoms with E-state index in [0.29, 0.717) is 16.9 Å². The third kappa shape index (κ3) is 3.95. The lowest BCUT2D eigenvalue weighted by atomic mass is 10.2. The van der Waals surface area contributed by atoms with Crippen molar-refractivity contribution in [1.29, 1.82) is 5.26 Å². The van der Waals surface area contributed by atoms with Gasteiger partial charge < -0.3 is 4.42 Å². The van der Waals surface area contributed by atoms with Gasteiger partial charge >= 0.3 is 0 Å². The quantitative estimate of drug-likeness (QED) is 0.913. The van der Waals surface area contributed by atoms with Crippen molar-refractivity contribution in [3.05, 3.63) is 59.0 Å². The molecule has 0 bridgehead atoms. The molecule has 1 N–H and O–H groups in total. The number of aryl methyl sites for hydroxylation is 1. The van der Waals surface area contributed by atoms with Crippen LogP contribution in [-0.2, 0) is 22.3 Å². The van der Waals surface area contributed by atoms with Crippen LogP contribution in [0.4, 0.5) is 0 Å². The van der Waals surface area contributed by atoms with Crippen molar-refractivity contribution < 1.29 is 12.8 Å². The molecule has 0 saturated heterocycles. The fraction of sp³-hybridized carbons (Fsp3) is 0.214.